The molecule has 0 saturated carbocycles. The Morgan fingerprint density at radius 3 is 2.23 bits per heavy atom. The molecule has 1 N–H and O–H groups in total. The number of benzene rings is 2. The van der Waals surface area contributed by atoms with Gasteiger partial charge >= 0.3 is 0 Å². The van der Waals surface area contributed by atoms with Gasteiger partial charge in [-0.25, -0.2) is 4.98 Å². The summed E-state index contributed by atoms with van der Waals surface area (Å²) in [5, 5.41) is 8.52. The van der Waals surface area contributed by atoms with Gasteiger partial charge in [0.15, 0.2) is 0 Å². The highest BCUT2D eigenvalue weighted by Crippen LogP contribution is 2.32. The van der Waals surface area contributed by atoms with Gasteiger partial charge in [0, 0.05) is 11.8 Å². The zero-order valence-electron chi connectivity index (χ0n) is 17.0. The van der Waals surface area contributed by atoms with E-state index in [4.69, 9.17) is 9.47 Å². The van der Waals surface area contributed by atoms with Crippen LogP contribution < -0.4 is 20.3 Å². The van der Waals surface area contributed by atoms with Crippen molar-refractivity contribution in [2.75, 3.05) is 19.5 Å². The van der Waals surface area contributed by atoms with E-state index in [0.717, 1.165) is 28.3 Å². The van der Waals surface area contributed by atoms with Crippen LogP contribution in [0.15, 0.2) is 59.4 Å². The molecule has 0 saturated heterocycles. The van der Waals surface area contributed by atoms with Crippen LogP contribution in [0.5, 0.6) is 11.5 Å². The first kappa shape index (κ1) is 19.9. The Kier molecular flexibility index (Phi) is 5.67. The summed E-state index contributed by atoms with van der Waals surface area (Å²) in [5.41, 5.74) is 2.57. The number of aryl methyl sites for hydroxylation is 1. The summed E-state index contributed by atoms with van der Waals surface area (Å²) >= 11 is 1.35. The molecule has 0 fully saturated rings. The molecule has 0 bridgehead atoms. The molecule has 8 heteroatoms. The molecule has 0 amide bonds. The fraction of sp³-hybridized carbons (Fsp3) is 0.227. The summed E-state index contributed by atoms with van der Waals surface area (Å²) in [6, 6.07) is 17.0. The number of hydrogen-bond acceptors (Lipinski definition) is 7. The number of rotatable bonds is 7. The predicted octanol–water partition coefficient (Wildman–Crippen LogP) is 3.93. The van der Waals surface area contributed by atoms with E-state index in [-0.39, 0.29) is 11.6 Å². The van der Waals surface area contributed by atoms with E-state index >= 15 is 0 Å². The van der Waals surface area contributed by atoms with Gasteiger partial charge in [-0.05, 0) is 41.8 Å². The van der Waals surface area contributed by atoms with Crippen LogP contribution >= 0.6 is 11.3 Å². The highest BCUT2D eigenvalue weighted by atomic mass is 32.1. The van der Waals surface area contributed by atoms with Crippen molar-refractivity contribution in [3.8, 4) is 11.5 Å². The lowest BCUT2D eigenvalue weighted by Crippen LogP contribution is -2.16. The Morgan fingerprint density at radius 1 is 1.03 bits per heavy atom. The molecule has 2 heterocycles. The van der Waals surface area contributed by atoms with Gasteiger partial charge in [-0.3, -0.25) is 4.79 Å². The van der Waals surface area contributed by atoms with Crippen LogP contribution in [0.2, 0.25) is 0 Å². The molecule has 154 valence electrons. The summed E-state index contributed by atoms with van der Waals surface area (Å²) < 4.78 is 12.1. The summed E-state index contributed by atoms with van der Waals surface area (Å²) in [6.45, 7) is 1.97. The van der Waals surface area contributed by atoms with E-state index in [2.05, 4.69) is 15.4 Å². The van der Waals surface area contributed by atoms with E-state index < -0.39 is 0 Å². The second-order valence-corrected chi connectivity index (χ2v) is 7.63. The van der Waals surface area contributed by atoms with Gasteiger partial charge in [0.25, 0.3) is 5.56 Å². The van der Waals surface area contributed by atoms with Crippen molar-refractivity contribution in [1.82, 2.24) is 14.6 Å². The van der Waals surface area contributed by atoms with E-state index in [1.807, 2.05) is 55.5 Å². The zero-order valence-corrected chi connectivity index (χ0v) is 17.8. The van der Waals surface area contributed by atoms with E-state index in [0.29, 0.717) is 16.5 Å². The number of methoxy groups -OCH3 is 2. The topological polar surface area (TPSA) is 77.8 Å². The number of aromatic nitrogens is 3. The first-order chi connectivity index (χ1) is 14.6. The number of hydrogen-bond donors (Lipinski definition) is 1. The molecule has 7 nitrogen and oxygen atoms in total. The third-order valence-electron chi connectivity index (χ3n) is 4.78. The summed E-state index contributed by atoms with van der Waals surface area (Å²) in [5.74, 6) is 1.52. The zero-order chi connectivity index (χ0) is 21.1. The van der Waals surface area contributed by atoms with E-state index in [1.54, 1.807) is 14.2 Å². The van der Waals surface area contributed by atoms with Crippen molar-refractivity contribution in [3.63, 3.8) is 0 Å². The number of ether oxygens (including phenoxy) is 2. The van der Waals surface area contributed by atoms with Gasteiger partial charge in [-0.1, -0.05) is 42.5 Å². The number of fused-ring (bicyclic) bond motifs is 1. The van der Waals surface area contributed by atoms with Gasteiger partial charge in [0.2, 0.25) is 10.1 Å². The van der Waals surface area contributed by atoms with Gasteiger partial charge < -0.3 is 14.8 Å². The second kappa shape index (κ2) is 8.54. The van der Waals surface area contributed by atoms with Crippen LogP contribution in [0, 0.1) is 0 Å². The molecule has 2 aromatic carbocycles. The molecule has 4 rings (SSSR count). The molecule has 0 aliphatic carbocycles. The lowest BCUT2D eigenvalue weighted by atomic mass is 9.98. The molecule has 2 aromatic heterocycles. The van der Waals surface area contributed by atoms with Crippen molar-refractivity contribution in [2.24, 2.45) is 0 Å². The summed E-state index contributed by atoms with van der Waals surface area (Å²) in [7, 11) is 3.29. The highest BCUT2D eigenvalue weighted by Gasteiger charge is 2.18. The second-order valence-electron chi connectivity index (χ2n) is 6.67. The van der Waals surface area contributed by atoms with Crippen molar-refractivity contribution in [3.05, 3.63) is 81.8 Å². The third kappa shape index (κ3) is 3.99. The Labute approximate surface area is 177 Å². The third-order valence-corrected chi connectivity index (χ3v) is 5.62. The summed E-state index contributed by atoms with van der Waals surface area (Å²) in [4.78, 5) is 17.5. The fourth-order valence-electron chi connectivity index (χ4n) is 3.22. The van der Waals surface area contributed by atoms with E-state index in [9.17, 15) is 4.79 Å². The van der Waals surface area contributed by atoms with Crippen molar-refractivity contribution >= 4 is 21.4 Å². The SMILES string of the molecule is CCc1cc(=O)n2nc(NC(c3cccc(OC)c3)c3cccc(OC)c3)sc2n1. The Hall–Kier alpha value is -3.39. The molecule has 0 unspecified atom stereocenters. The molecule has 4 aromatic rings. The maximum absolute atomic E-state index is 12.4. The maximum atomic E-state index is 12.4. The average Bonchev–Trinajstić information content (AvgIpc) is 3.20. The Balaban J connectivity index is 1.78. The Bertz CT molecular complexity index is 1190. The standard InChI is InChI=1S/C22H22N4O3S/c1-4-16-13-19(27)26-22(23-16)30-21(25-26)24-20(14-7-5-9-17(11-14)28-2)15-8-6-10-18(12-15)29-3/h5-13,20H,4H2,1-3H3,(H,24,25). The van der Waals surface area contributed by atoms with Gasteiger partial charge in [-0.2, -0.15) is 4.52 Å². The quantitative estimate of drug-likeness (QED) is 0.486. The first-order valence-electron chi connectivity index (χ1n) is 9.55. The van der Waals surface area contributed by atoms with Crippen molar-refractivity contribution in [1.29, 1.82) is 0 Å². The van der Waals surface area contributed by atoms with Gasteiger partial charge in [-0.15, -0.1) is 5.10 Å². The minimum absolute atomic E-state index is 0.180. The lowest BCUT2D eigenvalue weighted by molar-refractivity contribution is 0.413. The maximum Gasteiger partial charge on any atom is 0.275 e. The number of nitrogens with zero attached hydrogens (tertiary/aromatic N) is 3. The molecule has 0 atom stereocenters. The summed E-state index contributed by atoms with van der Waals surface area (Å²) in [6.07, 6.45) is 0.697. The first-order valence-corrected chi connectivity index (χ1v) is 10.4. The normalized spacial score (nSPS) is 11.1. The number of anilines is 1. The average molecular weight is 423 g/mol. The van der Waals surface area contributed by atoms with Crippen LogP contribution in [0.3, 0.4) is 0 Å². The highest BCUT2D eigenvalue weighted by molar-refractivity contribution is 7.20. The van der Waals surface area contributed by atoms with E-state index in [1.165, 1.54) is 21.9 Å². The van der Waals surface area contributed by atoms with Crippen molar-refractivity contribution < 1.29 is 9.47 Å². The molecule has 0 aliphatic rings. The van der Waals surface area contributed by atoms with Crippen molar-refractivity contribution in [2.45, 2.75) is 19.4 Å². The predicted molar refractivity (Wildman–Crippen MR) is 118 cm³/mol. The Morgan fingerprint density at radius 2 is 1.67 bits per heavy atom. The van der Waals surface area contributed by atoms with Crippen LogP contribution in [-0.4, -0.2) is 28.8 Å². The van der Waals surface area contributed by atoms with Gasteiger partial charge in [0.1, 0.15) is 11.5 Å². The molecule has 0 radical (unpaired) electrons. The molecule has 30 heavy (non-hydrogen) atoms. The molecular weight excluding hydrogens is 400 g/mol. The van der Waals surface area contributed by atoms with Gasteiger partial charge in [0.05, 0.1) is 20.3 Å². The lowest BCUT2D eigenvalue weighted by Gasteiger charge is -2.20. The number of nitrogens with one attached hydrogen (secondary N) is 1. The van der Waals surface area contributed by atoms with Crippen LogP contribution in [0.1, 0.15) is 29.8 Å². The smallest absolute Gasteiger partial charge is 0.275 e. The van der Waals surface area contributed by atoms with Crippen LogP contribution in [0.25, 0.3) is 4.96 Å². The fourth-order valence-corrected chi connectivity index (χ4v) is 4.07. The molecule has 0 spiro atoms. The molecular formula is C22H22N4O3S. The minimum atomic E-state index is -0.225. The van der Waals surface area contributed by atoms with Crippen LogP contribution in [-0.2, 0) is 6.42 Å². The minimum Gasteiger partial charge on any atom is -0.497 e. The largest absolute Gasteiger partial charge is 0.497 e. The monoisotopic (exact) mass is 422 g/mol. The van der Waals surface area contributed by atoms with Crippen LogP contribution in [0.4, 0.5) is 5.13 Å². The molecule has 0 aliphatic heterocycles.